The average molecular weight is 223 g/mol. The fraction of sp³-hybridized carbons (Fsp3) is 0.200. The van der Waals surface area contributed by atoms with Crippen molar-refractivity contribution in [2.45, 2.75) is 6.54 Å². The summed E-state index contributed by atoms with van der Waals surface area (Å²) in [5, 5.41) is 7.91. The van der Waals surface area contributed by atoms with Gasteiger partial charge in [0.15, 0.2) is 0 Å². The van der Waals surface area contributed by atoms with Crippen molar-refractivity contribution in [2.24, 2.45) is 7.05 Å². The van der Waals surface area contributed by atoms with E-state index in [0.29, 0.717) is 11.7 Å². The van der Waals surface area contributed by atoms with Gasteiger partial charge in [-0.1, -0.05) is 11.6 Å². The van der Waals surface area contributed by atoms with Crippen LogP contribution < -0.4 is 5.32 Å². The molecule has 5 heteroatoms. The maximum atomic E-state index is 5.77. The molecule has 0 spiro atoms. The Bertz CT molecular complexity index is 452. The molecule has 4 nitrogen and oxygen atoms in total. The maximum Gasteiger partial charge on any atom is 0.148 e. The highest BCUT2D eigenvalue weighted by molar-refractivity contribution is 6.29. The Kier molecular flexibility index (Phi) is 2.87. The highest BCUT2D eigenvalue weighted by Crippen LogP contribution is 2.09. The number of nitrogens with one attached hydrogen (secondary N) is 1. The molecule has 2 heterocycles. The first-order chi connectivity index (χ1) is 7.24. The van der Waals surface area contributed by atoms with Crippen molar-refractivity contribution in [3.8, 4) is 0 Å². The van der Waals surface area contributed by atoms with Crippen molar-refractivity contribution < 1.29 is 0 Å². The lowest BCUT2D eigenvalue weighted by Crippen LogP contribution is -2.00. The molecule has 1 N–H and O–H groups in total. The molecule has 0 saturated carbocycles. The summed E-state index contributed by atoms with van der Waals surface area (Å²) in [5.41, 5.74) is 1.08. The average Bonchev–Trinajstić information content (AvgIpc) is 2.62. The third kappa shape index (κ3) is 2.70. The van der Waals surface area contributed by atoms with Crippen LogP contribution in [0.4, 0.5) is 5.82 Å². The van der Waals surface area contributed by atoms with E-state index in [2.05, 4.69) is 15.4 Å². The summed E-state index contributed by atoms with van der Waals surface area (Å²) in [6.45, 7) is 0.694. The third-order valence-corrected chi connectivity index (χ3v) is 2.18. The Morgan fingerprint density at radius 3 is 3.00 bits per heavy atom. The van der Waals surface area contributed by atoms with E-state index in [4.69, 9.17) is 11.6 Å². The van der Waals surface area contributed by atoms with Crippen LogP contribution >= 0.6 is 11.6 Å². The van der Waals surface area contributed by atoms with Gasteiger partial charge in [-0.25, -0.2) is 4.98 Å². The zero-order chi connectivity index (χ0) is 10.7. The lowest BCUT2D eigenvalue weighted by molar-refractivity contribution is 0.768. The Hall–Kier alpha value is -1.55. The maximum absolute atomic E-state index is 5.77. The summed E-state index contributed by atoms with van der Waals surface area (Å²) < 4.78 is 1.75. The molecule has 0 aliphatic heterocycles. The van der Waals surface area contributed by atoms with Crippen LogP contribution in [0.3, 0.4) is 0 Å². The van der Waals surface area contributed by atoms with Crippen LogP contribution in [0.15, 0.2) is 30.6 Å². The Morgan fingerprint density at radius 2 is 2.33 bits per heavy atom. The Balaban J connectivity index is 1.99. The van der Waals surface area contributed by atoms with Gasteiger partial charge in [-0.05, 0) is 17.7 Å². The third-order valence-electron chi connectivity index (χ3n) is 1.98. The van der Waals surface area contributed by atoms with Crippen molar-refractivity contribution in [1.29, 1.82) is 0 Å². The van der Waals surface area contributed by atoms with Crippen molar-refractivity contribution in [3.05, 3.63) is 41.3 Å². The quantitative estimate of drug-likeness (QED) is 0.809. The molecule has 2 rings (SSSR count). The number of aromatic nitrogens is 3. The first kappa shape index (κ1) is 9.98. The van der Waals surface area contributed by atoms with Gasteiger partial charge in [-0.2, -0.15) is 5.10 Å². The molecular formula is C10H11ClN4. The van der Waals surface area contributed by atoms with Gasteiger partial charge < -0.3 is 5.32 Å². The second-order valence-electron chi connectivity index (χ2n) is 3.22. The Morgan fingerprint density at radius 1 is 1.47 bits per heavy atom. The number of aryl methyl sites for hydroxylation is 1. The second-order valence-corrected chi connectivity index (χ2v) is 3.60. The van der Waals surface area contributed by atoms with E-state index < -0.39 is 0 Å². The summed E-state index contributed by atoms with van der Waals surface area (Å²) >= 11 is 5.77. The molecule has 2 aromatic rings. The van der Waals surface area contributed by atoms with Crippen molar-refractivity contribution in [1.82, 2.24) is 14.8 Å². The van der Waals surface area contributed by atoms with Crippen molar-refractivity contribution in [2.75, 3.05) is 5.32 Å². The van der Waals surface area contributed by atoms with Crippen LogP contribution in [0.2, 0.25) is 5.15 Å². The summed E-state index contributed by atoms with van der Waals surface area (Å²) in [6.07, 6.45) is 3.58. The van der Waals surface area contributed by atoms with E-state index in [1.54, 1.807) is 10.9 Å². The first-order valence-electron chi connectivity index (χ1n) is 4.58. The lowest BCUT2D eigenvalue weighted by Gasteiger charge is -2.02. The molecule has 0 saturated heterocycles. The Labute approximate surface area is 92.9 Å². The van der Waals surface area contributed by atoms with E-state index in [-0.39, 0.29) is 0 Å². The monoisotopic (exact) mass is 222 g/mol. The molecule has 0 aliphatic rings. The second kappa shape index (κ2) is 4.31. The molecule has 2 aromatic heterocycles. The molecule has 0 radical (unpaired) electrons. The lowest BCUT2D eigenvalue weighted by atomic mass is 10.3. The van der Waals surface area contributed by atoms with Crippen LogP contribution in [-0.2, 0) is 13.6 Å². The van der Waals surface area contributed by atoms with E-state index in [1.165, 1.54) is 0 Å². The highest BCUT2D eigenvalue weighted by Gasteiger charge is 1.97. The predicted molar refractivity (Wildman–Crippen MR) is 59.8 cm³/mol. The molecule has 78 valence electrons. The summed E-state index contributed by atoms with van der Waals surface area (Å²) in [7, 11) is 1.88. The predicted octanol–water partition coefficient (Wildman–Crippen LogP) is 2.08. The van der Waals surface area contributed by atoms with Crippen molar-refractivity contribution in [3.63, 3.8) is 0 Å². The minimum Gasteiger partial charge on any atom is -0.365 e. The number of halogens is 1. The van der Waals surface area contributed by atoms with Crippen LogP contribution in [0.25, 0.3) is 0 Å². The smallest absolute Gasteiger partial charge is 0.148 e. The van der Waals surface area contributed by atoms with Crippen LogP contribution in [-0.4, -0.2) is 14.8 Å². The topological polar surface area (TPSA) is 42.7 Å². The number of pyridine rings is 1. The fourth-order valence-electron chi connectivity index (χ4n) is 1.25. The molecular weight excluding hydrogens is 212 g/mol. The van der Waals surface area contributed by atoms with Gasteiger partial charge in [-0.15, -0.1) is 0 Å². The minimum atomic E-state index is 0.510. The van der Waals surface area contributed by atoms with Gasteiger partial charge in [0.2, 0.25) is 0 Å². The van der Waals surface area contributed by atoms with Gasteiger partial charge in [0.05, 0.1) is 0 Å². The largest absolute Gasteiger partial charge is 0.365 e. The number of hydrogen-bond acceptors (Lipinski definition) is 3. The van der Waals surface area contributed by atoms with E-state index >= 15 is 0 Å². The molecule has 0 aliphatic carbocycles. The number of rotatable bonds is 3. The summed E-state index contributed by atoms with van der Waals surface area (Å²) in [6, 6.07) is 5.67. The van der Waals surface area contributed by atoms with Gasteiger partial charge >= 0.3 is 0 Å². The zero-order valence-electron chi connectivity index (χ0n) is 8.31. The van der Waals surface area contributed by atoms with Crippen LogP contribution in [0, 0.1) is 0 Å². The van der Waals surface area contributed by atoms with Crippen molar-refractivity contribution >= 4 is 17.4 Å². The van der Waals surface area contributed by atoms with Gasteiger partial charge in [-0.3, -0.25) is 4.68 Å². The van der Waals surface area contributed by atoms with Gasteiger partial charge in [0.1, 0.15) is 11.0 Å². The summed E-state index contributed by atoms with van der Waals surface area (Å²) in [4.78, 5) is 3.92. The minimum absolute atomic E-state index is 0.510. The van der Waals surface area contributed by atoms with Crippen LogP contribution in [0.5, 0.6) is 0 Å². The molecule has 0 atom stereocenters. The molecule has 0 unspecified atom stereocenters. The summed E-state index contributed by atoms with van der Waals surface area (Å²) in [5.74, 6) is 0.852. The number of anilines is 1. The SMILES string of the molecule is Cn1ccc(NCc2ccnc(Cl)c2)n1. The van der Waals surface area contributed by atoms with E-state index in [0.717, 1.165) is 11.4 Å². The van der Waals surface area contributed by atoms with Crippen LogP contribution in [0.1, 0.15) is 5.56 Å². The molecule has 0 fully saturated rings. The van der Waals surface area contributed by atoms with E-state index in [1.807, 2.05) is 31.4 Å². The molecule has 0 aromatic carbocycles. The highest BCUT2D eigenvalue weighted by atomic mass is 35.5. The standard InChI is InChI=1S/C10H11ClN4/c1-15-5-3-10(14-15)13-7-8-2-4-12-9(11)6-8/h2-6H,7H2,1H3,(H,13,14). The first-order valence-corrected chi connectivity index (χ1v) is 4.96. The molecule has 0 amide bonds. The fourth-order valence-corrected chi connectivity index (χ4v) is 1.45. The van der Waals surface area contributed by atoms with Gasteiger partial charge in [0.25, 0.3) is 0 Å². The van der Waals surface area contributed by atoms with Gasteiger partial charge in [0, 0.05) is 32.1 Å². The zero-order valence-corrected chi connectivity index (χ0v) is 9.07. The molecule has 0 bridgehead atoms. The number of nitrogens with zero attached hydrogens (tertiary/aromatic N) is 3. The van der Waals surface area contributed by atoms with E-state index in [9.17, 15) is 0 Å². The normalized spacial score (nSPS) is 10.3. The molecule has 15 heavy (non-hydrogen) atoms. The number of hydrogen-bond donors (Lipinski definition) is 1.